The molecule has 0 aromatic heterocycles. The molecule has 0 unspecified atom stereocenters. The molecule has 2 rings (SSSR count). The Morgan fingerprint density at radius 2 is 1.88 bits per heavy atom. The Balaban J connectivity index is 1.70. The van der Waals surface area contributed by atoms with Crippen molar-refractivity contribution in [1.29, 1.82) is 0 Å². The summed E-state index contributed by atoms with van der Waals surface area (Å²) < 4.78 is 5.49. The van der Waals surface area contributed by atoms with Crippen molar-refractivity contribution < 1.29 is 4.74 Å². The van der Waals surface area contributed by atoms with Gasteiger partial charge in [0.1, 0.15) is 0 Å². The zero-order valence-corrected chi connectivity index (χ0v) is 11.7. The third kappa shape index (κ3) is 3.94. The van der Waals surface area contributed by atoms with Gasteiger partial charge in [-0.05, 0) is 52.0 Å². The highest BCUT2D eigenvalue weighted by Crippen LogP contribution is 2.39. The van der Waals surface area contributed by atoms with Gasteiger partial charge in [-0.25, -0.2) is 0 Å². The average Bonchev–Trinajstić information content (AvgIpc) is 2.61. The minimum Gasteiger partial charge on any atom is -0.381 e. The Kier molecular flexibility index (Phi) is 4.11. The molecule has 0 aromatic rings. The lowest BCUT2D eigenvalue weighted by Gasteiger charge is -2.33. The highest BCUT2D eigenvalue weighted by atomic mass is 16.5. The van der Waals surface area contributed by atoms with Crippen molar-refractivity contribution in [2.45, 2.75) is 45.6 Å². The van der Waals surface area contributed by atoms with E-state index in [-0.39, 0.29) is 5.54 Å². The summed E-state index contributed by atoms with van der Waals surface area (Å²) in [5.74, 6) is 0. The van der Waals surface area contributed by atoms with Gasteiger partial charge in [-0.15, -0.1) is 0 Å². The van der Waals surface area contributed by atoms with Crippen LogP contribution in [0.15, 0.2) is 0 Å². The molecule has 2 heterocycles. The SMILES string of the molecule is CC(C)(C)NCCN1CCC2(CCOCC2)C1. The fourth-order valence-electron chi connectivity index (χ4n) is 3.02. The molecule has 17 heavy (non-hydrogen) atoms. The van der Waals surface area contributed by atoms with Crippen molar-refractivity contribution in [3.63, 3.8) is 0 Å². The zero-order valence-electron chi connectivity index (χ0n) is 11.7. The number of ether oxygens (including phenoxy) is 1. The van der Waals surface area contributed by atoms with Gasteiger partial charge < -0.3 is 15.0 Å². The van der Waals surface area contributed by atoms with E-state index in [2.05, 4.69) is 31.0 Å². The smallest absolute Gasteiger partial charge is 0.0471 e. The molecule has 3 nitrogen and oxygen atoms in total. The van der Waals surface area contributed by atoms with Crippen LogP contribution in [0.2, 0.25) is 0 Å². The van der Waals surface area contributed by atoms with Gasteiger partial charge in [0.25, 0.3) is 0 Å². The topological polar surface area (TPSA) is 24.5 Å². The van der Waals surface area contributed by atoms with Gasteiger partial charge in [-0.1, -0.05) is 0 Å². The third-order valence-electron chi connectivity index (χ3n) is 4.15. The molecule has 2 aliphatic heterocycles. The molecule has 0 bridgehead atoms. The second kappa shape index (κ2) is 5.25. The zero-order chi connectivity index (χ0) is 12.4. The molecule has 0 atom stereocenters. The van der Waals surface area contributed by atoms with E-state index in [0.717, 1.165) is 19.8 Å². The lowest BCUT2D eigenvalue weighted by atomic mass is 9.80. The summed E-state index contributed by atoms with van der Waals surface area (Å²) in [6, 6.07) is 0. The van der Waals surface area contributed by atoms with Crippen molar-refractivity contribution in [1.82, 2.24) is 10.2 Å². The summed E-state index contributed by atoms with van der Waals surface area (Å²) >= 11 is 0. The van der Waals surface area contributed by atoms with Crippen LogP contribution < -0.4 is 5.32 Å². The highest BCUT2D eigenvalue weighted by molar-refractivity contribution is 4.91. The molecule has 0 aliphatic carbocycles. The Hall–Kier alpha value is -0.120. The fourth-order valence-corrected chi connectivity index (χ4v) is 3.02. The maximum atomic E-state index is 5.49. The van der Waals surface area contributed by atoms with Crippen LogP contribution in [0.1, 0.15) is 40.0 Å². The Labute approximate surface area is 106 Å². The van der Waals surface area contributed by atoms with Crippen LogP contribution >= 0.6 is 0 Å². The summed E-state index contributed by atoms with van der Waals surface area (Å²) in [4.78, 5) is 2.63. The molecule has 1 spiro atoms. The van der Waals surface area contributed by atoms with Gasteiger partial charge in [0, 0.05) is 38.4 Å². The second-order valence-electron chi connectivity index (χ2n) is 6.82. The standard InChI is InChI=1S/C14H28N2O/c1-13(2,3)15-7-9-16-8-4-14(12-16)5-10-17-11-6-14/h15H,4-12H2,1-3H3. The number of nitrogens with zero attached hydrogens (tertiary/aromatic N) is 1. The van der Waals surface area contributed by atoms with E-state index >= 15 is 0 Å². The predicted octanol–water partition coefficient (Wildman–Crippen LogP) is 1.88. The number of hydrogen-bond donors (Lipinski definition) is 1. The summed E-state index contributed by atoms with van der Waals surface area (Å²) in [5.41, 5.74) is 0.843. The van der Waals surface area contributed by atoms with Gasteiger partial charge in [-0.2, -0.15) is 0 Å². The van der Waals surface area contributed by atoms with Gasteiger partial charge >= 0.3 is 0 Å². The molecule has 100 valence electrons. The molecule has 0 aromatic carbocycles. The van der Waals surface area contributed by atoms with Crippen LogP contribution in [0.25, 0.3) is 0 Å². The van der Waals surface area contributed by atoms with Crippen LogP contribution in [0.4, 0.5) is 0 Å². The monoisotopic (exact) mass is 240 g/mol. The number of nitrogens with one attached hydrogen (secondary N) is 1. The van der Waals surface area contributed by atoms with Crippen LogP contribution in [0, 0.1) is 5.41 Å². The first kappa shape index (κ1) is 13.3. The van der Waals surface area contributed by atoms with E-state index in [1.807, 2.05) is 0 Å². The Bertz CT molecular complexity index is 241. The van der Waals surface area contributed by atoms with Crippen LogP contribution in [0.3, 0.4) is 0 Å². The van der Waals surface area contributed by atoms with Gasteiger partial charge in [0.2, 0.25) is 0 Å². The maximum Gasteiger partial charge on any atom is 0.0471 e. The van der Waals surface area contributed by atoms with Crippen molar-refractivity contribution in [2.24, 2.45) is 5.41 Å². The first-order valence-corrected chi connectivity index (χ1v) is 7.04. The van der Waals surface area contributed by atoms with Crippen LogP contribution in [0.5, 0.6) is 0 Å². The first-order valence-electron chi connectivity index (χ1n) is 7.04. The molecule has 2 fully saturated rings. The highest BCUT2D eigenvalue weighted by Gasteiger charge is 2.38. The summed E-state index contributed by atoms with van der Waals surface area (Å²) in [7, 11) is 0. The minimum absolute atomic E-state index is 0.246. The molecule has 2 saturated heterocycles. The van der Waals surface area contributed by atoms with Gasteiger partial charge in [0.15, 0.2) is 0 Å². The lowest BCUT2D eigenvalue weighted by molar-refractivity contribution is 0.0194. The van der Waals surface area contributed by atoms with E-state index in [0.29, 0.717) is 5.41 Å². The van der Waals surface area contributed by atoms with Crippen molar-refractivity contribution in [2.75, 3.05) is 39.4 Å². The van der Waals surface area contributed by atoms with Crippen LogP contribution in [-0.4, -0.2) is 49.8 Å². The van der Waals surface area contributed by atoms with Crippen molar-refractivity contribution >= 4 is 0 Å². The average molecular weight is 240 g/mol. The molecule has 2 aliphatic rings. The third-order valence-corrected chi connectivity index (χ3v) is 4.15. The van der Waals surface area contributed by atoms with E-state index < -0.39 is 0 Å². The normalized spacial score (nSPS) is 25.6. The van der Waals surface area contributed by atoms with Gasteiger partial charge in [-0.3, -0.25) is 0 Å². The number of likely N-dealkylation sites (tertiary alicyclic amines) is 1. The van der Waals surface area contributed by atoms with E-state index in [1.54, 1.807) is 0 Å². The number of hydrogen-bond acceptors (Lipinski definition) is 3. The minimum atomic E-state index is 0.246. The summed E-state index contributed by atoms with van der Waals surface area (Å²) in [6.45, 7) is 13.5. The molecule has 3 heteroatoms. The van der Waals surface area contributed by atoms with Crippen LogP contribution in [-0.2, 0) is 4.74 Å². The first-order chi connectivity index (χ1) is 7.99. The molecule has 1 N–H and O–H groups in total. The molecule has 0 saturated carbocycles. The quantitative estimate of drug-likeness (QED) is 0.815. The maximum absolute atomic E-state index is 5.49. The largest absolute Gasteiger partial charge is 0.381 e. The van der Waals surface area contributed by atoms with Crippen molar-refractivity contribution in [3.05, 3.63) is 0 Å². The second-order valence-corrected chi connectivity index (χ2v) is 6.82. The Morgan fingerprint density at radius 1 is 1.18 bits per heavy atom. The fraction of sp³-hybridized carbons (Fsp3) is 1.00. The predicted molar refractivity (Wildman–Crippen MR) is 71.3 cm³/mol. The van der Waals surface area contributed by atoms with E-state index in [9.17, 15) is 0 Å². The summed E-state index contributed by atoms with van der Waals surface area (Å²) in [6.07, 6.45) is 3.93. The van der Waals surface area contributed by atoms with Crippen molar-refractivity contribution in [3.8, 4) is 0 Å². The molecule has 0 radical (unpaired) electrons. The Morgan fingerprint density at radius 3 is 2.53 bits per heavy atom. The number of rotatable bonds is 3. The molecular weight excluding hydrogens is 212 g/mol. The van der Waals surface area contributed by atoms with E-state index in [4.69, 9.17) is 4.74 Å². The lowest BCUT2D eigenvalue weighted by Crippen LogP contribution is -2.41. The molecule has 0 amide bonds. The summed E-state index contributed by atoms with van der Waals surface area (Å²) in [5, 5.41) is 3.57. The van der Waals surface area contributed by atoms with E-state index in [1.165, 1.54) is 38.9 Å². The molecular formula is C14H28N2O. The van der Waals surface area contributed by atoms with Gasteiger partial charge in [0.05, 0.1) is 0 Å².